The number of rotatable bonds is 8. The van der Waals surface area contributed by atoms with Gasteiger partial charge in [0.05, 0.1) is 31.8 Å². The molecule has 0 saturated carbocycles. The molecular formula is C30H26FNO7. The van der Waals surface area contributed by atoms with Crippen LogP contribution in [0.15, 0.2) is 48.5 Å². The molecule has 3 aliphatic rings. The van der Waals surface area contributed by atoms with E-state index in [9.17, 15) is 10.1 Å². The van der Waals surface area contributed by atoms with Crippen molar-refractivity contribution < 1.29 is 38.0 Å². The zero-order valence-corrected chi connectivity index (χ0v) is 21.0. The predicted molar refractivity (Wildman–Crippen MR) is 136 cm³/mol. The van der Waals surface area contributed by atoms with Crippen molar-refractivity contribution in [3.63, 3.8) is 0 Å². The fraction of sp³-hybridized carbons (Fsp3) is 0.333. The van der Waals surface area contributed by atoms with E-state index >= 15 is 4.39 Å². The minimum absolute atomic E-state index is 0.00170. The SMILES string of the molecule is N#Cc1cc(Oc2ccc(F)c3c2CC[C@H]3Oc2ccc3c(c2)OCC3CC(=O)O)ccc1OC1CCOC1. The highest BCUT2D eigenvalue weighted by molar-refractivity contribution is 5.69. The molecule has 200 valence electrons. The Morgan fingerprint density at radius 2 is 1.90 bits per heavy atom. The van der Waals surface area contributed by atoms with Crippen molar-refractivity contribution >= 4 is 5.97 Å². The van der Waals surface area contributed by atoms with Gasteiger partial charge in [-0.25, -0.2) is 4.39 Å². The third-order valence-corrected chi connectivity index (χ3v) is 7.28. The van der Waals surface area contributed by atoms with Crippen LogP contribution in [0.4, 0.5) is 4.39 Å². The van der Waals surface area contributed by atoms with Crippen molar-refractivity contribution in [3.8, 4) is 34.8 Å². The topological polar surface area (TPSA) is 107 Å². The summed E-state index contributed by atoms with van der Waals surface area (Å²) in [6, 6.07) is 15.5. The summed E-state index contributed by atoms with van der Waals surface area (Å²) in [6.45, 7) is 1.45. The zero-order valence-electron chi connectivity index (χ0n) is 21.0. The Morgan fingerprint density at radius 3 is 2.69 bits per heavy atom. The molecule has 1 N–H and O–H groups in total. The maximum absolute atomic E-state index is 15.0. The van der Waals surface area contributed by atoms with Crippen LogP contribution >= 0.6 is 0 Å². The molecule has 1 fully saturated rings. The van der Waals surface area contributed by atoms with E-state index in [4.69, 9.17) is 28.8 Å². The van der Waals surface area contributed by atoms with Gasteiger partial charge in [0.25, 0.3) is 0 Å². The summed E-state index contributed by atoms with van der Waals surface area (Å²) in [5.41, 5.74) is 2.35. The van der Waals surface area contributed by atoms with Crippen LogP contribution in [0.1, 0.15) is 53.5 Å². The second-order valence-corrected chi connectivity index (χ2v) is 9.86. The van der Waals surface area contributed by atoms with E-state index in [1.54, 1.807) is 36.4 Å². The Labute approximate surface area is 224 Å². The largest absolute Gasteiger partial charge is 0.492 e. The molecule has 0 radical (unpaired) electrons. The monoisotopic (exact) mass is 531 g/mol. The molecule has 6 rings (SSSR count). The lowest BCUT2D eigenvalue weighted by Crippen LogP contribution is -2.16. The molecule has 0 amide bonds. The summed E-state index contributed by atoms with van der Waals surface area (Å²) < 4.78 is 44.3. The molecule has 0 spiro atoms. The lowest BCUT2D eigenvalue weighted by molar-refractivity contribution is -0.137. The lowest BCUT2D eigenvalue weighted by atomic mass is 9.98. The first kappa shape index (κ1) is 25.0. The van der Waals surface area contributed by atoms with Gasteiger partial charge in [-0.05, 0) is 43.2 Å². The molecule has 2 aliphatic heterocycles. The first-order valence-corrected chi connectivity index (χ1v) is 12.9. The van der Waals surface area contributed by atoms with Crippen LogP contribution in [0.2, 0.25) is 0 Å². The van der Waals surface area contributed by atoms with Crippen molar-refractivity contribution in [2.75, 3.05) is 19.8 Å². The van der Waals surface area contributed by atoms with Crippen molar-refractivity contribution in [2.45, 2.75) is 43.8 Å². The average molecular weight is 532 g/mol. The molecule has 1 saturated heterocycles. The molecule has 3 aromatic carbocycles. The number of carbonyl (C=O) groups is 1. The first-order chi connectivity index (χ1) is 19.0. The number of ether oxygens (including phenoxy) is 5. The first-order valence-electron chi connectivity index (χ1n) is 12.9. The Morgan fingerprint density at radius 1 is 1.05 bits per heavy atom. The Bertz CT molecular complexity index is 1460. The van der Waals surface area contributed by atoms with E-state index in [-0.39, 0.29) is 24.3 Å². The van der Waals surface area contributed by atoms with Crippen LogP contribution < -0.4 is 18.9 Å². The van der Waals surface area contributed by atoms with Crippen molar-refractivity contribution in [1.29, 1.82) is 5.26 Å². The number of fused-ring (bicyclic) bond motifs is 2. The minimum atomic E-state index is -0.875. The third kappa shape index (κ3) is 5.08. The van der Waals surface area contributed by atoms with E-state index in [0.717, 1.165) is 17.5 Å². The number of nitrogens with zero attached hydrogens (tertiary/aromatic N) is 1. The number of nitriles is 1. The maximum Gasteiger partial charge on any atom is 0.304 e. The minimum Gasteiger partial charge on any atom is -0.492 e. The number of aliphatic carboxylic acids is 1. The van der Waals surface area contributed by atoms with E-state index in [1.165, 1.54) is 6.07 Å². The number of halogens is 1. The van der Waals surface area contributed by atoms with Gasteiger partial charge in [-0.15, -0.1) is 0 Å². The number of benzene rings is 3. The summed E-state index contributed by atoms with van der Waals surface area (Å²) in [6.07, 6.45) is 1.30. The summed E-state index contributed by atoms with van der Waals surface area (Å²) in [7, 11) is 0. The molecular weight excluding hydrogens is 505 g/mol. The predicted octanol–water partition coefficient (Wildman–Crippen LogP) is 5.67. The van der Waals surface area contributed by atoms with Gasteiger partial charge in [0, 0.05) is 41.2 Å². The average Bonchev–Trinajstić information content (AvgIpc) is 3.68. The van der Waals surface area contributed by atoms with Crippen molar-refractivity contribution in [2.24, 2.45) is 0 Å². The second-order valence-electron chi connectivity index (χ2n) is 9.86. The molecule has 2 unspecified atom stereocenters. The Kier molecular flexibility index (Phi) is 6.71. The van der Waals surface area contributed by atoms with Gasteiger partial charge in [-0.1, -0.05) is 6.07 Å². The van der Waals surface area contributed by atoms with Gasteiger partial charge >= 0.3 is 5.97 Å². The smallest absolute Gasteiger partial charge is 0.304 e. The van der Waals surface area contributed by atoms with Gasteiger partial charge in [0.15, 0.2) is 0 Å². The van der Waals surface area contributed by atoms with Crippen LogP contribution in [0.25, 0.3) is 0 Å². The van der Waals surface area contributed by atoms with E-state index in [1.807, 2.05) is 6.07 Å². The Hall–Kier alpha value is -4.29. The highest BCUT2D eigenvalue weighted by Gasteiger charge is 2.32. The Balaban J connectivity index is 1.20. The van der Waals surface area contributed by atoms with Crippen molar-refractivity contribution in [3.05, 3.63) is 76.6 Å². The molecule has 8 nitrogen and oxygen atoms in total. The van der Waals surface area contributed by atoms with Crippen LogP contribution in [-0.4, -0.2) is 37.0 Å². The van der Waals surface area contributed by atoms with E-state index in [2.05, 4.69) is 6.07 Å². The molecule has 1 aliphatic carbocycles. The maximum atomic E-state index is 15.0. The highest BCUT2D eigenvalue weighted by atomic mass is 19.1. The standard InChI is InChI=1S/C30H26FNO7/c31-24-5-8-26(37-19-2-6-25(17(11-19)14-32)39-21-9-10-35-16-21)23-4-7-27(30(23)24)38-20-1-3-22-18(12-29(33)34)15-36-28(22)13-20/h1-3,5-6,8,11,13,18,21,27H,4,7,9-10,12,15-16H2,(H,33,34)/t18?,21?,27-/m1/s1. The van der Waals surface area contributed by atoms with E-state index < -0.39 is 12.1 Å². The van der Waals surface area contributed by atoms with Crippen LogP contribution in [-0.2, 0) is 16.0 Å². The molecule has 3 aromatic rings. The molecule has 2 heterocycles. The van der Waals surface area contributed by atoms with Gasteiger partial charge < -0.3 is 28.8 Å². The zero-order chi connectivity index (χ0) is 26.9. The quantitative estimate of drug-likeness (QED) is 0.396. The summed E-state index contributed by atoms with van der Waals surface area (Å²) >= 11 is 0. The third-order valence-electron chi connectivity index (χ3n) is 7.28. The number of hydrogen-bond donors (Lipinski definition) is 1. The van der Waals surface area contributed by atoms with E-state index in [0.29, 0.717) is 72.5 Å². The number of carboxylic acids is 1. The summed E-state index contributed by atoms with van der Waals surface area (Å²) in [4.78, 5) is 11.1. The van der Waals surface area contributed by atoms with Crippen molar-refractivity contribution in [1.82, 2.24) is 0 Å². The number of carboxylic acid groups (broad SMARTS) is 1. The highest BCUT2D eigenvalue weighted by Crippen LogP contribution is 2.44. The molecule has 3 atom stereocenters. The van der Waals surface area contributed by atoms with Crippen LogP contribution in [0.3, 0.4) is 0 Å². The normalized spacial score (nSPS) is 21.0. The van der Waals surface area contributed by atoms with Gasteiger partial charge in [-0.3, -0.25) is 4.79 Å². The second kappa shape index (κ2) is 10.5. The lowest BCUT2D eigenvalue weighted by Gasteiger charge is -2.18. The van der Waals surface area contributed by atoms with Crippen LogP contribution in [0.5, 0.6) is 28.7 Å². The molecule has 39 heavy (non-hydrogen) atoms. The molecule has 9 heteroatoms. The van der Waals surface area contributed by atoms with Crippen LogP contribution in [0, 0.1) is 17.1 Å². The van der Waals surface area contributed by atoms with Gasteiger partial charge in [0.2, 0.25) is 0 Å². The summed E-state index contributed by atoms with van der Waals surface area (Å²) in [5.74, 6) is 1.10. The van der Waals surface area contributed by atoms with Gasteiger partial charge in [0.1, 0.15) is 52.8 Å². The molecule has 0 bridgehead atoms. The fourth-order valence-electron chi connectivity index (χ4n) is 5.40. The summed E-state index contributed by atoms with van der Waals surface area (Å²) in [5, 5.41) is 18.8. The number of hydrogen-bond acceptors (Lipinski definition) is 7. The fourth-order valence-corrected chi connectivity index (χ4v) is 5.40. The van der Waals surface area contributed by atoms with Gasteiger partial charge in [-0.2, -0.15) is 5.26 Å². The molecule has 0 aromatic heterocycles.